The van der Waals surface area contributed by atoms with Crippen LogP contribution < -0.4 is 0 Å². The van der Waals surface area contributed by atoms with Gasteiger partial charge in [-0.15, -0.1) is 0 Å². The van der Waals surface area contributed by atoms with Gasteiger partial charge in [-0.3, -0.25) is 9.59 Å². The molecule has 0 aliphatic heterocycles. The van der Waals surface area contributed by atoms with Crippen LogP contribution >= 0.6 is 0 Å². The van der Waals surface area contributed by atoms with E-state index in [1.165, 1.54) is 58.3 Å². The second-order valence-corrected chi connectivity index (χ2v) is 9.03. The van der Waals surface area contributed by atoms with Gasteiger partial charge >= 0.3 is 11.9 Å². The maximum Gasteiger partial charge on any atom is 0.306 e. The molecular formula is C24H46O4. The summed E-state index contributed by atoms with van der Waals surface area (Å²) < 4.78 is 10.8. The molecule has 0 aromatic carbocycles. The Labute approximate surface area is 174 Å². The summed E-state index contributed by atoms with van der Waals surface area (Å²) in [6.07, 6.45) is 16.9. The molecule has 0 unspecified atom stereocenters. The van der Waals surface area contributed by atoms with E-state index in [9.17, 15) is 9.59 Å². The summed E-state index contributed by atoms with van der Waals surface area (Å²) in [6, 6.07) is 0. The van der Waals surface area contributed by atoms with Crippen LogP contribution in [0.2, 0.25) is 0 Å². The van der Waals surface area contributed by atoms with Crippen LogP contribution in [0.5, 0.6) is 0 Å². The normalized spacial score (nSPS) is 12.6. The summed E-state index contributed by atoms with van der Waals surface area (Å²) in [7, 11) is 0. The Bertz CT molecular complexity index is 398. The zero-order valence-electron chi connectivity index (χ0n) is 19.3. The van der Waals surface area contributed by atoms with E-state index in [-0.39, 0.29) is 23.6 Å². The summed E-state index contributed by atoms with van der Waals surface area (Å²) in [4.78, 5) is 22.9. The largest absolute Gasteiger partial charge is 0.463 e. The fourth-order valence-corrected chi connectivity index (χ4v) is 3.39. The third kappa shape index (κ3) is 19.7. The molecule has 28 heavy (non-hydrogen) atoms. The van der Waals surface area contributed by atoms with Crippen molar-refractivity contribution in [1.29, 1.82) is 0 Å². The Balaban J connectivity index is 3.59. The molecule has 0 bridgehead atoms. The van der Waals surface area contributed by atoms with Crippen molar-refractivity contribution in [2.75, 3.05) is 0 Å². The summed E-state index contributed by atoms with van der Waals surface area (Å²) in [5.74, 6) is -0.226. The third-order valence-electron chi connectivity index (χ3n) is 4.79. The van der Waals surface area contributed by atoms with Crippen LogP contribution in [0.4, 0.5) is 0 Å². The lowest BCUT2D eigenvalue weighted by atomic mass is 10.0. The zero-order valence-corrected chi connectivity index (χ0v) is 19.3. The molecule has 1 atom stereocenters. The van der Waals surface area contributed by atoms with E-state index in [4.69, 9.17) is 9.47 Å². The SMILES string of the molecule is CCCCCC[C@@H](CCCCCCCCCCC(=O)OC(C)(C)C)OC(C)=O. The summed E-state index contributed by atoms with van der Waals surface area (Å²) in [5.41, 5.74) is -0.374. The Morgan fingerprint density at radius 2 is 1.21 bits per heavy atom. The topological polar surface area (TPSA) is 52.6 Å². The third-order valence-corrected chi connectivity index (χ3v) is 4.79. The van der Waals surface area contributed by atoms with Crippen molar-refractivity contribution in [3.8, 4) is 0 Å². The van der Waals surface area contributed by atoms with E-state index < -0.39 is 0 Å². The number of ether oxygens (including phenoxy) is 2. The van der Waals surface area contributed by atoms with Gasteiger partial charge in [0.25, 0.3) is 0 Å². The first-order valence-electron chi connectivity index (χ1n) is 11.6. The van der Waals surface area contributed by atoms with E-state index in [1.807, 2.05) is 20.8 Å². The van der Waals surface area contributed by atoms with Crippen molar-refractivity contribution in [2.24, 2.45) is 0 Å². The Hall–Kier alpha value is -1.06. The van der Waals surface area contributed by atoms with Crippen molar-refractivity contribution in [2.45, 2.75) is 143 Å². The van der Waals surface area contributed by atoms with Crippen LogP contribution in [0, 0.1) is 0 Å². The molecular weight excluding hydrogens is 352 g/mol. The van der Waals surface area contributed by atoms with Crippen molar-refractivity contribution >= 4 is 11.9 Å². The fourth-order valence-electron chi connectivity index (χ4n) is 3.39. The van der Waals surface area contributed by atoms with Crippen molar-refractivity contribution in [1.82, 2.24) is 0 Å². The highest BCUT2D eigenvalue weighted by Crippen LogP contribution is 2.17. The number of unbranched alkanes of at least 4 members (excludes halogenated alkanes) is 10. The van der Waals surface area contributed by atoms with Crippen molar-refractivity contribution in [3.63, 3.8) is 0 Å². The molecule has 166 valence electrons. The number of hydrogen-bond acceptors (Lipinski definition) is 4. The molecule has 0 saturated carbocycles. The summed E-state index contributed by atoms with van der Waals surface area (Å²) in [5, 5.41) is 0. The maximum absolute atomic E-state index is 11.6. The van der Waals surface area contributed by atoms with E-state index >= 15 is 0 Å². The van der Waals surface area contributed by atoms with Gasteiger partial charge in [0.15, 0.2) is 0 Å². The van der Waals surface area contributed by atoms with Crippen molar-refractivity contribution < 1.29 is 19.1 Å². The van der Waals surface area contributed by atoms with Gasteiger partial charge in [-0.05, 0) is 52.9 Å². The second kappa shape index (κ2) is 16.9. The Morgan fingerprint density at radius 1 is 0.750 bits per heavy atom. The summed E-state index contributed by atoms with van der Waals surface area (Å²) >= 11 is 0. The molecule has 0 fully saturated rings. The molecule has 0 aliphatic carbocycles. The average molecular weight is 399 g/mol. The van der Waals surface area contributed by atoms with E-state index in [0.717, 1.165) is 38.5 Å². The van der Waals surface area contributed by atoms with Crippen LogP contribution in [-0.4, -0.2) is 23.6 Å². The van der Waals surface area contributed by atoms with Gasteiger partial charge in [0, 0.05) is 13.3 Å². The van der Waals surface area contributed by atoms with Crippen LogP contribution in [0.1, 0.15) is 131 Å². The lowest BCUT2D eigenvalue weighted by Crippen LogP contribution is -2.23. The average Bonchev–Trinajstić information content (AvgIpc) is 2.58. The van der Waals surface area contributed by atoms with Crippen LogP contribution in [0.25, 0.3) is 0 Å². The number of carbonyl (C=O) groups is 2. The molecule has 0 amide bonds. The van der Waals surface area contributed by atoms with E-state index in [2.05, 4.69) is 6.92 Å². The number of carbonyl (C=O) groups excluding carboxylic acids is 2. The minimum Gasteiger partial charge on any atom is -0.463 e. The molecule has 0 aliphatic rings. The summed E-state index contributed by atoms with van der Waals surface area (Å²) in [6.45, 7) is 9.45. The molecule has 0 aromatic rings. The van der Waals surface area contributed by atoms with Gasteiger partial charge in [0.2, 0.25) is 0 Å². The highest BCUT2D eigenvalue weighted by atomic mass is 16.6. The van der Waals surface area contributed by atoms with E-state index in [1.54, 1.807) is 0 Å². The maximum atomic E-state index is 11.6. The number of hydrogen-bond donors (Lipinski definition) is 0. The molecule has 4 heteroatoms. The number of rotatable bonds is 17. The Morgan fingerprint density at radius 3 is 1.68 bits per heavy atom. The minimum atomic E-state index is -0.374. The predicted molar refractivity (Wildman–Crippen MR) is 116 cm³/mol. The number of esters is 2. The molecule has 0 radical (unpaired) electrons. The molecule has 0 aromatic heterocycles. The van der Waals surface area contributed by atoms with Gasteiger partial charge in [-0.25, -0.2) is 0 Å². The highest BCUT2D eigenvalue weighted by molar-refractivity contribution is 5.69. The van der Waals surface area contributed by atoms with Crippen LogP contribution in [-0.2, 0) is 19.1 Å². The monoisotopic (exact) mass is 398 g/mol. The molecule has 4 nitrogen and oxygen atoms in total. The standard InChI is InChI=1S/C24H46O4/c1-6-7-8-15-18-22(27-21(2)25)19-16-13-11-9-10-12-14-17-20-23(26)28-24(3,4)5/h22H,6-20H2,1-5H3/t22-/m0/s1. The van der Waals surface area contributed by atoms with Gasteiger partial charge in [0.05, 0.1) is 0 Å². The van der Waals surface area contributed by atoms with Gasteiger partial charge in [-0.2, -0.15) is 0 Å². The van der Waals surface area contributed by atoms with Crippen molar-refractivity contribution in [3.05, 3.63) is 0 Å². The van der Waals surface area contributed by atoms with Crippen LogP contribution in [0.3, 0.4) is 0 Å². The van der Waals surface area contributed by atoms with Gasteiger partial charge in [-0.1, -0.05) is 64.7 Å². The van der Waals surface area contributed by atoms with Gasteiger partial charge in [0.1, 0.15) is 11.7 Å². The smallest absolute Gasteiger partial charge is 0.306 e. The first-order valence-corrected chi connectivity index (χ1v) is 11.6. The molecule has 0 rings (SSSR count). The lowest BCUT2D eigenvalue weighted by molar-refractivity contribution is -0.155. The first kappa shape index (κ1) is 26.9. The minimum absolute atomic E-state index is 0.0791. The molecule has 0 saturated heterocycles. The zero-order chi connectivity index (χ0) is 21.3. The Kier molecular flexibility index (Phi) is 16.2. The highest BCUT2D eigenvalue weighted by Gasteiger charge is 2.15. The lowest BCUT2D eigenvalue weighted by Gasteiger charge is -2.19. The van der Waals surface area contributed by atoms with Crippen LogP contribution in [0.15, 0.2) is 0 Å². The van der Waals surface area contributed by atoms with Gasteiger partial charge < -0.3 is 9.47 Å². The van der Waals surface area contributed by atoms with E-state index in [0.29, 0.717) is 6.42 Å². The quantitative estimate of drug-likeness (QED) is 0.193. The second-order valence-electron chi connectivity index (χ2n) is 9.03. The fraction of sp³-hybridized carbons (Fsp3) is 0.917. The molecule has 0 spiro atoms. The predicted octanol–water partition coefficient (Wildman–Crippen LogP) is 7.13. The first-order chi connectivity index (χ1) is 13.2. The molecule has 0 heterocycles. The molecule has 0 N–H and O–H groups in total.